The van der Waals surface area contributed by atoms with Crippen molar-refractivity contribution in [2.45, 2.75) is 20.5 Å². The van der Waals surface area contributed by atoms with Gasteiger partial charge in [0.05, 0.1) is 25.0 Å². The van der Waals surface area contributed by atoms with Crippen molar-refractivity contribution in [2.75, 3.05) is 13.2 Å². The Kier molecular flexibility index (Phi) is 7.27. The summed E-state index contributed by atoms with van der Waals surface area (Å²) in [7, 11) is 1.78. The summed E-state index contributed by atoms with van der Waals surface area (Å²) < 4.78 is 18.8. The smallest absolute Gasteiger partial charge is 0.189 e. The first-order chi connectivity index (χ1) is 14.6. The standard InChI is InChI=1S/C24H26N2O4/c1-4-28-23-12-10-19(14-24(23)29-5-2)17-30-21-8-6-7-18(13-21)9-11-22(27)20-15-25-26(3)16-20/h6-16H,4-5,17H2,1-3H3/b11-9+. The van der Waals surface area contributed by atoms with Crippen LogP contribution in [0.15, 0.2) is 60.9 Å². The highest BCUT2D eigenvalue weighted by Crippen LogP contribution is 2.29. The van der Waals surface area contributed by atoms with Gasteiger partial charge in [0.25, 0.3) is 0 Å². The summed E-state index contributed by atoms with van der Waals surface area (Å²) >= 11 is 0. The van der Waals surface area contributed by atoms with Gasteiger partial charge in [-0.3, -0.25) is 9.48 Å². The lowest BCUT2D eigenvalue weighted by Crippen LogP contribution is -2.01. The molecule has 0 aliphatic rings. The van der Waals surface area contributed by atoms with E-state index in [0.29, 0.717) is 31.1 Å². The molecule has 6 nitrogen and oxygen atoms in total. The van der Waals surface area contributed by atoms with Gasteiger partial charge < -0.3 is 14.2 Å². The highest BCUT2D eigenvalue weighted by Gasteiger charge is 2.07. The second-order valence-electron chi connectivity index (χ2n) is 6.61. The molecule has 0 aliphatic heterocycles. The molecule has 2 aromatic carbocycles. The van der Waals surface area contributed by atoms with Gasteiger partial charge in [-0.25, -0.2) is 0 Å². The van der Waals surface area contributed by atoms with E-state index in [4.69, 9.17) is 14.2 Å². The molecule has 0 fully saturated rings. The fraction of sp³-hybridized carbons (Fsp3) is 0.250. The summed E-state index contributed by atoms with van der Waals surface area (Å²) in [4.78, 5) is 12.2. The Morgan fingerprint density at radius 2 is 1.83 bits per heavy atom. The van der Waals surface area contributed by atoms with Crippen LogP contribution in [0.1, 0.15) is 35.3 Å². The van der Waals surface area contributed by atoms with Crippen molar-refractivity contribution in [2.24, 2.45) is 7.05 Å². The zero-order valence-corrected chi connectivity index (χ0v) is 17.5. The van der Waals surface area contributed by atoms with E-state index in [1.165, 1.54) is 6.08 Å². The van der Waals surface area contributed by atoms with Gasteiger partial charge in [0.15, 0.2) is 17.3 Å². The van der Waals surface area contributed by atoms with E-state index >= 15 is 0 Å². The Hall–Kier alpha value is -3.54. The van der Waals surface area contributed by atoms with Gasteiger partial charge in [0.1, 0.15) is 12.4 Å². The van der Waals surface area contributed by atoms with E-state index in [-0.39, 0.29) is 5.78 Å². The van der Waals surface area contributed by atoms with Crippen LogP contribution < -0.4 is 14.2 Å². The quantitative estimate of drug-likeness (QED) is 0.361. The topological polar surface area (TPSA) is 62.6 Å². The van der Waals surface area contributed by atoms with E-state index in [0.717, 1.165) is 22.6 Å². The normalized spacial score (nSPS) is 10.9. The number of ketones is 1. The third kappa shape index (κ3) is 5.73. The maximum Gasteiger partial charge on any atom is 0.189 e. The molecule has 1 aromatic heterocycles. The monoisotopic (exact) mass is 406 g/mol. The van der Waals surface area contributed by atoms with Crippen molar-refractivity contribution in [3.8, 4) is 17.2 Å². The molecule has 156 valence electrons. The van der Waals surface area contributed by atoms with Crippen molar-refractivity contribution < 1.29 is 19.0 Å². The number of carbonyl (C=O) groups is 1. The second kappa shape index (κ2) is 10.3. The predicted octanol–water partition coefficient (Wildman–Crippen LogP) is 4.69. The number of benzene rings is 2. The number of rotatable bonds is 10. The van der Waals surface area contributed by atoms with Crippen LogP contribution in [0.2, 0.25) is 0 Å². The molecule has 3 rings (SSSR count). The molecule has 0 atom stereocenters. The van der Waals surface area contributed by atoms with Gasteiger partial charge >= 0.3 is 0 Å². The molecule has 0 spiro atoms. The summed E-state index contributed by atoms with van der Waals surface area (Å²) in [6.07, 6.45) is 6.56. The zero-order valence-electron chi connectivity index (χ0n) is 17.5. The number of ether oxygens (including phenoxy) is 3. The molecule has 30 heavy (non-hydrogen) atoms. The Balaban J connectivity index is 1.64. The van der Waals surface area contributed by atoms with Crippen LogP contribution in [0.25, 0.3) is 6.08 Å². The number of hydrogen-bond acceptors (Lipinski definition) is 5. The molecule has 0 N–H and O–H groups in total. The van der Waals surface area contributed by atoms with Crippen molar-refractivity contribution in [1.82, 2.24) is 9.78 Å². The van der Waals surface area contributed by atoms with Gasteiger partial charge in [-0.2, -0.15) is 5.10 Å². The maximum absolute atomic E-state index is 12.2. The van der Waals surface area contributed by atoms with Gasteiger partial charge in [-0.05, 0) is 55.3 Å². The number of aryl methyl sites for hydroxylation is 1. The van der Waals surface area contributed by atoms with Crippen molar-refractivity contribution in [3.05, 3.63) is 77.6 Å². The maximum atomic E-state index is 12.2. The molecule has 6 heteroatoms. The van der Waals surface area contributed by atoms with Crippen molar-refractivity contribution >= 4 is 11.9 Å². The fourth-order valence-electron chi connectivity index (χ4n) is 2.88. The Labute approximate surface area is 176 Å². The first kappa shape index (κ1) is 21.2. The summed E-state index contributed by atoms with van der Waals surface area (Å²) in [5.74, 6) is 2.07. The summed E-state index contributed by atoms with van der Waals surface area (Å²) in [6, 6.07) is 13.4. The van der Waals surface area contributed by atoms with E-state index in [9.17, 15) is 4.79 Å². The van der Waals surface area contributed by atoms with Crippen molar-refractivity contribution in [1.29, 1.82) is 0 Å². The minimum atomic E-state index is -0.0905. The molecule has 0 saturated carbocycles. The number of carbonyl (C=O) groups excluding carboxylic acids is 1. The molecular weight excluding hydrogens is 380 g/mol. The minimum Gasteiger partial charge on any atom is -0.490 e. The molecule has 1 heterocycles. The summed E-state index contributed by atoms with van der Waals surface area (Å²) in [5.41, 5.74) is 2.42. The Morgan fingerprint density at radius 1 is 1.03 bits per heavy atom. The molecule has 0 aliphatic carbocycles. The first-order valence-corrected chi connectivity index (χ1v) is 9.91. The van der Waals surface area contributed by atoms with E-state index in [2.05, 4.69) is 5.10 Å². The number of allylic oxidation sites excluding steroid dienone is 1. The van der Waals surface area contributed by atoms with Gasteiger partial charge in [-0.15, -0.1) is 0 Å². The Bertz CT molecular complexity index is 1020. The van der Waals surface area contributed by atoms with Gasteiger partial charge in [0.2, 0.25) is 0 Å². The minimum absolute atomic E-state index is 0.0905. The van der Waals surface area contributed by atoms with Crippen LogP contribution >= 0.6 is 0 Å². The van der Waals surface area contributed by atoms with E-state index in [1.807, 2.05) is 56.3 Å². The van der Waals surface area contributed by atoms with Crippen LogP contribution in [0.3, 0.4) is 0 Å². The lowest BCUT2D eigenvalue weighted by atomic mass is 10.1. The molecule has 3 aromatic rings. The zero-order chi connectivity index (χ0) is 21.3. The van der Waals surface area contributed by atoms with Crippen LogP contribution in [-0.4, -0.2) is 28.8 Å². The molecular formula is C24H26N2O4. The number of nitrogens with zero attached hydrogens (tertiary/aromatic N) is 2. The van der Waals surface area contributed by atoms with Gasteiger partial charge in [0, 0.05) is 13.2 Å². The lowest BCUT2D eigenvalue weighted by molar-refractivity contribution is 0.104. The molecule has 0 amide bonds. The third-order valence-corrected chi connectivity index (χ3v) is 4.29. The third-order valence-electron chi connectivity index (χ3n) is 4.29. The van der Waals surface area contributed by atoms with Gasteiger partial charge in [-0.1, -0.05) is 24.3 Å². The molecule has 0 saturated heterocycles. The number of aromatic nitrogens is 2. The summed E-state index contributed by atoms with van der Waals surface area (Å²) in [6.45, 7) is 5.43. The fourth-order valence-corrected chi connectivity index (χ4v) is 2.88. The molecule has 0 unspecified atom stereocenters. The first-order valence-electron chi connectivity index (χ1n) is 9.91. The van der Waals surface area contributed by atoms with Crippen LogP contribution in [-0.2, 0) is 13.7 Å². The highest BCUT2D eigenvalue weighted by molar-refractivity contribution is 6.06. The predicted molar refractivity (Wildman–Crippen MR) is 116 cm³/mol. The Morgan fingerprint density at radius 3 is 2.57 bits per heavy atom. The number of hydrogen-bond donors (Lipinski definition) is 0. The molecule has 0 bridgehead atoms. The second-order valence-corrected chi connectivity index (χ2v) is 6.61. The average molecular weight is 406 g/mol. The highest BCUT2D eigenvalue weighted by atomic mass is 16.5. The van der Waals surface area contributed by atoms with Crippen LogP contribution in [0.5, 0.6) is 17.2 Å². The lowest BCUT2D eigenvalue weighted by Gasteiger charge is -2.13. The van der Waals surface area contributed by atoms with Crippen LogP contribution in [0, 0.1) is 0 Å². The SMILES string of the molecule is CCOc1ccc(COc2cccc(/C=C/C(=O)c3cnn(C)c3)c2)cc1OCC. The van der Waals surface area contributed by atoms with E-state index in [1.54, 1.807) is 30.2 Å². The largest absolute Gasteiger partial charge is 0.490 e. The van der Waals surface area contributed by atoms with Crippen molar-refractivity contribution in [3.63, 3.8) is 0 Å². The average Bonchev–Trinajstić information content (AvgIpc) is 3.19. The summed E-state index contributed by atoms with van der Waals surface area (Å²) in [5, 5.41) is 4.02. The molecule has 0 radical (unpaired) electrons. The van der Waals surface area contributed by atoms with E-state index < -0.39 is 0 Å². The van der Waals surface area contributed by atoms with Crippen LogP contribution in [0.4, 0.5) is 0 Å².